The highest BCUT2D eigenvalue weighted by Gasteiger charge is 2.33. The largest absolute Gasteiger partial charge is 0.496 e. The van der Waals surface area contributed by atoms with Crippen LogP contribution in [0.15, 0.2) is 23.1 Å². The van der Waals surface area contributed by atoms with E-state index in [0.29, 0.717) is 51.5 Å². The minimum Gasteiger partial charge on any atom is -0.496 e. The molecule has 3 rings (SSSR count). The van der Waals surface area contributed by atoms with Crippen LogP contribution in [0.3, 0.4) is 0 Å². The van der Waals surface area contributed by atoms with Crippen molar-refractivity contribution in [1.82, 2.24) is 9.21 Å². The van der Waals surface area contributed by atoms with E-state index in [1.807, 2.05) is 0 Å². The van der Waals surface area contributed by atoms with Gasteiger partial charge in [-0.3, -0.25) is 9.59 Å². The Morgan fingerprint density at radius 1 is 1.13 bits per heavy atom. The first-order valence-corrected chi connectivity index (χ1v) is 11.5. The number of morpholine rings is 1. The number of nitrogens with zero attached hydrogens (tertiary/aromatic N) is 2. The van der Waals surface area contributed by atoms with Gasteiger partial charge in [0, 0.05) is 26.2 Å². The van der Waals surface area contributed by atoms with E-state index in [1.54, 1.807) is 11.8 Å². The van der Waals surface area contributed by atoms with Crippen molar-refractivity contribution in [3.05, 3.63) is 23.8 Å². The van der Waals surface area contributed by atoms with E-state index in [4.69, 9.17) is 14.2 Å². The number of benzene rings is 1. The van der Waals surface area contributed by atoms with E-state index in [0.717, 1.165) is 0 Å². The van der Waals surface area contributed by atoms with Crippen molar-refractivity contribution in [2.45, 2.75) is 24.7 Å². The van der Waals surface area contributed by atoms with E-state index in [-0.39, 0.29) is 41.3 Å². The van der Waals surface area contributed by atoms with E-state index in [1.165, 1.54) is 29.6 Å². The molecule has 2 aliphatic rings. The van der Waals surface area contributed by atoms with Crippen LogP contribution in [-0.4, -0.2) is 82.6 Å². The van der Waals surface area contributed by atoms with Gasteiger partial charge >= 0.3 is 5.97 Å². The van der Waals surface area contributed by atoms with E-state index < -0.39 is 10.0 Å². The lowest BCUT2D eigenvalue weighted by atomic mass is 9.98. The van der Waals surface area contributed by atoms with Crippen LogP contribution < -0.4 is 4.74 Å². The Bertz CT molecular complexity index is 873. The van der Waals surface area contributed by atoms with Gasteiger partial charge in [-0.05, 0) is 38.0 Å². The number of ether oxygens (including phenoxy) is 3. The van der Waals surface area contributed by atoms with Gasteiger partial charge in [0.25, 0.3) is 5.91 Å². The van der Waals surface area contributed by atoms with Crippen LogP contribution >= 0.6 is 0 Å². The van der Waals surface area contributed by atoms with Gasteiger partial charge in [-0.1, -0.05) is 0 Å². The lowest BCUT2D eigenvalue weighted by Gasteiger charge is -2.30. The number of hydrogen-bond acceptors (Lipinski definition) is 7. The fourth-order valence-corrected chi connectivity index (χ4v) is 5.19. The van der Waals surface area contributed by atoms with Gasteiger partial charge in [-0.15, -0.1) is 0 Å². The van der Waals surface area contributed by atoms with Crippen molar-refractivity contribution in [3.8, 4) is 5.75 Å². The number of amides is 1. The predicted molar refractivity (Wildman–Crippen MR) is 108 cm³/mol. The Hall–Kier alpha value is -2.17. The SMILES string of the molecule is CCOC(=O)C1CCN(S(=O)(=O)c2ccc(OC)c(C(=O)N3CCOCC3)c2)CC1. The normalized spacial score (nSPS) is 18.8. The third kappa shape index (κ3) is 4.76. The van der Waals surface area contributed by atoms with Crippen molar-refractivity contribution >= 4 is 21.9 Å². The van der Waals surface area contributed by atoms with Crippen molar-refractivity contribution in [3.63, 3.8) is 0 Å². The Balaban J connectivity index is 1.79. The van der Waals surface area contributed by atoms with Crippen LogP contribution in [0.25, 0.3) is 0 Å². The number of methoxy groups -OCH3 is 1. The molecule has 1 amide bonds. The summed E-state index contributed by atoms with van der Waals surface area (Å²) in [6.07, 6.45) is 0.821. The van der Waals surface area contributed by atoms with Crippen molar-refractivity contribution in [1.29, 1.82) is 0 Å². The summed E-state index contributed by atoms with van der Waals surface area (Å²) in [4.78, 5) is 26.5. The number of hydrogen-bond donors (Lipinski definition) is 0. The second kappa shape index (κ2) is 9.76. The molecule has 166 valence electrons. The topological polar surface area (TPSA) is 102 Å². The first kappa shape index (κ1) is 22.5. The van der Waals surface area contributed by atoms with E-state index >= 15 is 0 Å². The molecule has 10 heteroatoms. The number of esters is 1. The molecule has 30 heavy (non-hydrogen) atoms. The molecule has 0 aromatic heterocycles. The van der Waals surface area contributed by atoms with Gasteiger partial charge in [-0.25, -0.2) is 8.42 Å². The molecule has 9 nitrogen and oxygen atoms in total. The van der Waals surface area contributed by atoms with E-state index in [9.17, 15) is 18.0 Å². The lowest BCUT2D eigenvalue weighted by Crippen LogP contribution is -2.41. The zero-order valence-corrected chi connectivity index (χ0v) is 18.2. The van der Waals surface area contributed by atoms with Gasteiger partial charge < -0.3 is 19.1 Å². The minimum atomic E-state index is -3.80. The summed E-state index contributed by atoms with van der Waals surface area (Å²) in [6, 6.07) is 4.33. The summed E-state index contributed by atoms with van der Waals surface area (Å²) in [5.74, 6) is -0.525. The molecule has 0 spiro atoms. The Morgan fingerprint density at radius 3 is 2.40 bits per heavy atom. The maximum absolute atomic E-state index is 13.2. The molecule has 0 atom stereocenters. The molecule has 2 saturated heterocycles. The van der Waals surface area contributed by atoms with Crippen LogP contribution in [-0.2, 0) is 24.3 Å². The van der Waals surface area contributed by atoms with Crippen LogP contribution in [0.5, 0.6) is 5.75 Å². The molecular formula is C20H28N2O7S. The fraction of sp³-hybridized carbons (Fsp3) is 0.600. The molecule has 0 N–H and O–H groups in total. The highest BCUT2D eigenvalue weighted by atomic mass is 32.2. The monoisotopic (exact) mass is 440 g/mol. The second-order valence-corrected chi connectivity index (χ2v) is 9.14. The number of carbonyl (C=O) groups is 2. The second-order valence-electron chi connectivity index (χ2n) is 7.20. The summed E-state index contributed by atoms with van der Waals surface area (Å²) in [7, 11) is -2.36. The number of rotatable bonds is 6. The summed E-state index contributed by atoms with van der Waals surface area (Å²) in [6.45, 7) is 4.29. The van der Waals surface area contributed by atoms with Gasteiger partial charge in [0.2, 0.25) is 10.0 Å². The van der Waals surface area contributed by atoms with E-state index in [2.05, 4.69) is 0 Å². The van der Waals surface area contributed by atoms with Gasteiger partial charge in [0.1, 0.15) is 5.75 Å². The summed E-state index contributed by atoms with van der Waals surface area (Å²) < 4.78 is 43.3. The van der Waals surface area contributed by atoms with Crippen molar-refractivity contribution in [2.24, 2.45) is 5.92 Å². The Morgan fingerprint density at radius 2 is 1.80 bits per heavy atom. The molecule has 0 bridgehead atoms. The minimum absolute atomic E-state index is 0.0366. The fourth-order valence-electron chi connectivity index (χ4n) is 3.69. The van der Waals surface area contributed by atoms with Gasteiger partial charge in [-0.2, -0.15) is 4.31 Å². The molecule has 2 heterocycles. The zero-order valence-electron chi connectivity index (χ0n) is 17.3. The highest BCUT2D eigenvalue weighted by molar-refractivity contribution is 7.89. The standard InChI is InChI=1S/C20H28N2O7S/c1-3-29-20(24)15-6-8-22(9-7-15)30(25,26)16-4-5-18(27-2)17(14-16)19(23)21-10-12-28-13-11-21/h4-5,14-15H,3,6-13H2,1-2H3. The van der Waals surface area contributed by atoms with Gasteiger partial charge in [0.05, 0.1) is 43.3 Å². The summed E-state index contributed by atoms with van der Waals surface area (Å²) in [5, 5.41) is 0. The molecule has 0 radical (unpaired) electrons. The molecule has 0 saturated carbocycles. The molecular weight excluding hydrogens is 412 g/mol. The Kier molecular flexibility index (Phi) is 7.32. The third-order valence-corrected chi connectivity index (χ3v) is 7.31. The van der Waals surface area contributed by atoms with Crippen LogP contribution in [0.2, 0.25) is 0 Å². The number of sulfonamides is 1. The predicted octanol–water partition coefficient (Wildman–Crippen LogP) is 1.13. The van der Waals surface area contributed by atoms with Crippen molar-refractivity contribution < 1.29 is 32.2 Å². The molecule has 1 aromatic carbocycles. The van der Waals surface area contributed by atoms with Crippen LogP contribution in [0.4, 0.5) is 0 Å². The summed E-state index contributed by atoms with van der Waals surface area (Å²) in [5.41, 5.74) is 0.210. The quantitative estimate of drug-likeness (QED) is 0.611. The maximum Gasteiger partial charge on any atom is 0.309 e. The molecule has 0 aliphatic carbocycles. The van der Waals surface area contributed by atoms with Crippen LogP contribution in [0, 0.1) is 5.92 Å². The Labute approximate surface area is 176 Å². The molecule has 2 fully saturated rings. The molecule has 0 unspecified atom stereocenters. The maximum atomic E-state index is 13.2. The lowest BCUT2D eigenvalue weighted by molar-refractivity contribution is -0.149. The third-order valence-electron chi connectivity index (χ3n) is 5.41. The average molecular weight is 441 g/mol. The molecule has 1 aromatic rings. The first-order valence-electron chi connectivity index (χ1n) is 10.1. The smallest absolute Gasteiger partial charge is 0.309 e. The highest BCUT2D eigenvalue weighted by Crippen LogP contribution is 2.29. The average Bonchev–Trinajstić information content (AvgIpc) is 2.79. The first-order chi connectivity index (χ1) is 14.4. The van der Waals surface area contributed by atoms with Crippen molar-refractivity contribution in [2.75, 3.05) is 53.1 Å². The summed E-state index contributed by atoms with van der Waals surface area (Å²) >= 11 is 0. The van der Waals surface area contributed by atoms with Crippen LogP contribution in [0.1, 0.15) is 30.1 Å². The number of piperidine rings is 1. The molecule has 2 aliphatic heterocycles. The number of carbonyl (C=O) groups excluding carboxylic acids is 2. The van der Waals surface area contributed by atoms with Gasteiger partial charge in [0.15, 0.2) is 0 Å². The zero-order chi connectivity index (χ0) is 21.7.